The van der Waals surface area contributed by atoms with Gasteiger partial charge in [-0.05, 0) is 12.1 Å². The molecule has 0 fully saturated rings. The second-order valence-electron chi connectivity index (χ2n) is 3.14. The fraction of sp³-hybridized carbons (Fsp3) is 0.400. The Bertz CT molecular complexity index is 563. The molecule has 0 aliphatic carbocycles. The van der Waals surface area contributed by atoms with Gasteiger partial charge in [0.25, 0.3) is 10.0 Å². The summed E-state index contributed by atoms with van der Waals surface area (Å²) < 4.78 is 25.6. The molecule has 7 heteroatoms. The predicted octanol–water partition coefficient (Wildman–Crippen LogP) is 1.54. The number of nitrogens with zero attached hydrogens (tertiary/aromatic N) is 3. The van der Waals surface area contributed by atoms with E-state index in [4.69, 9.17) is 10.5 Å². The van der Waals surface area contributed by atoms with Crippen LogP contribution >= 0.6 is 11.3 Å². The van der Waals surface area contributed by atoms with Gasteiger partial charge in [-0.3, -0.25) is 0 Å². The molecule has 0 radical (unpaired) electrons. The lowest BCUT2D eigenvalue weighted by Crippen LogP contribution is -2.31. The molecule has 0 aliphatic heterocycles. The second kappa shape index (κ2) is 5.78. The van der Waals surface area contributed by atoms with Crippen molar-refractivity contribution >= 4 is 21.4 Å². The minimum absolute atomic E-state index is 0.147. The summed E-state index contributed by atoms with van der Waals surface area (Å²) in [5.74, 6) is 0. The Hall–Kier alpha value is -1.41. The molecule has 1 aromatic heterocycles. The summed E-state index contributed by atoms with van der Waals surface area (Å²) >= 11 is 0.943. The van der Waals surface area contributed by atoms with Gasteiger partial charge in [-0.15, -0.1) is 11.3 Å². The minimum atomic E-state index is -3.56. The third kappa shape index (κ3) is 3.04. The van der Waals surface area contributed by atoms with Crippen LogP contribution in [0.15, 0.2) is 16.3 Å². The summed E-state index contributed by atoms with van der Waals surface area (Å²) in [5.41, 5.74) is 0. The Labute approximate surface area is 105 Å². The summed E-state index contributed by atoms with van der Waals surface area (Å²) in [4.78, 5) is 0.361. The Morgan fingerprint density at radius 3 is 2.59 bits per heavy atom. The van der Waals surface area contributed by atoms with Crippen molar-refractivity contribution in [1.82, 2.24) is 4.31 Å². The van der Waals surface area contributed by atoms with Gasteiger partial charge in [0.15, 0.2) is 0 Å². The molecule has 0 saturated heterocycles. The lowest BCUT2D eigenvalue weighted by Gasteiger charge is -2.17. The third-order valence-corrected chi connectivity index (χ3v) is 5.54. The summed E-state index contributed by atoms with van der Waals surface area (Å²) in [5, 5.41) is 17.1. The summed E-state index contributed by atoms with van der Waals surface area (Å²) in [6.07, 6.45) is 0.156. The zero-order valence-corrected chi connectivity index (χ0v) is 10.9. The molecule has 0 bridgehead atoms. The van der Waals surface area contributed by atoms with Crippen LogP contribution in [0, 0.1) is 22.7 Å². The van der Waals surface area contributed by atoms with E-state index in [0.717, 1.165) is 11.3 Å². The van der Waals surface area contributed by atoms with E-state index in [1.54, 1.807) is 6.92 Å². The molecule has 0 saturated carbocycles. The van der Waals surface area contributed by atoms with Crippen molar-refractivity contribution < 1.29 is 8.42 Å². The Balaban J connectivity index is 3.01. The van der Waals surface area contributed by atoms with E-state index < -0.39 is 10.0 Å². The number of hydrogen-bond acceptors (Lipinski definition) is 5. The first kappa shape index (κ1) is 13.7. The Kier molecular flexibility index (Phi) is 4.64. The normalized spacial score (nSPS) is 11.1. The van der Waals surface area contributed by atoms with Crippen molar-refractivity contribution in [3.8, 4) is 12.1 Å². The summed E-state index contributed by atoms with van der Waals surface area (Å²) in [6.45, 7) is 2.20. The molecule has 0 N–H and O–H groups in total. The van der Waals surface area contributed by atoms with Crippen molar-refractivity contribution in [3.63, 3.8) is 0 Å². The van der Waals surface area contributed by atoms with Crippen molar-refractivity contribution in [2.75, 3.05) is 13.1 Å². The van der Waals surface area contributed by atoms with Gasteiger partial charge in [0.2, 0.25) is 0 Å². The molecule has 90 valence electrons. The van der Waals surface area contributed by atoms with Gasteiger partial charge in [0.1, 0.15) is 15.2 Å². The largest absolute Gasteiger partial charge is 0.252 e. The maximum Gasteiger partial charge on any atom is 0.252 e. The first-order chi connectivity index (χ1) is 8.06. The highest BCUT2D eigenvalue weighted by Gasteiger charge is 2.24. The third-order valence-electron chi connectivity index (χ3n) is 2.11. The Morgan fingerprint density at radius 1 is 1.41 bits per heavy atom. The molecule has 0 atom stereocenters. The van der Waals surface area contributed by atoms with Crippen LogP contribution in [0.4, 0.5) is 0 Å². The van der Waals surface area contributed by atoms with E-state index in [0.29, 0.717) is 11.4 Å². The number of rotatable bonds is 5. The van der Waals surface area contributed by atoms with E-state index in [-0.39, 0.29) is 17.2 Å². The van der Waals surface area contributed by atoms with Gasteiger partial charge in [0.05, 0.1) is 6.07 Å². The first-order valence-corrected chi connectivity index (χ1v) is 7.19. The molecule has 0 aromatic carbocycles. The molecule has 17 heavy (non-hydrogen) atoms. The van der Waals surface area contributed by atoms with Crippen LogP contribution in [0.5, 0.6) is 0 Å². The molecule has 1 rings (SSSR count). The molecule has 0 spiro atoms. The lowest BCUT2D eigenvalue weighted by molar-refractivity contribution is 0.436. The smallest absolute Gasteiger partial charge is 0.206 e. The highest BCUT2D eigenvalue weighted by Crippen LogP contribution is 2.24. The maximum atomic E-state index is 12.1. The monoisotopic (exact) mass is 269 g/mol. The fourth-order valence-corrected chi connectivity index (χ4v) is 3.98. The van der Waals surface area contributed by atoms with E-state index >= 15 is 0 Å². The molecule has 0 aliphatic rings. The number of thiophene rings is 1. The topological polar surface area (TPSA) is 85.0 Å². The van der Waals surface area contributed by atoms with Gasteiger partial charge >= 0.3 is 0 Å². The van der Waals surface area contributed by atoms with E-state index in [2.05, 4.69) is 0 Å². The van der Waals surface area contributed by atoms with Crippen LogP contribution in [0.3, 0.4) is 0 Å². The van der Waals surface area contributed by atoms with E-state index in [9.17, 15) is 8.42 Å². The van der Waals surface area contributed by atoms with Crippen LogP contribution < -0.4 is 0 Å². The van der Waals surface area contributed by atoms with Crippen LogP contribution in [-0.4, -0.2) is 25.8 Å². The molecule has 1 heterocycles. The summed E-state index contributed by atoms with van der Waals surface area (Å²) in [7, 11) is -3.56. The van der Waals surface area contributed by atoms with Gasteiger partial charge in [-0.25, -0.2) is 8.42 Å². The van der Waals surface area contributed by atoms with Gasteiger partial charge in [-0.1, -0.05) is 6.92 Å². The number of sulfonamides is 1. The van der Waals surface area contributed by atoms with Crippen LogP contribution in [0.1, 0.15) is 18.2 Å². The molecular weight excluding hydrogens is 258 g/mol. The van der Waals surface area contributed by atoms with E-state index in [1.807, 2.05) is 12.1 Å². The van der Waals surface area contributed by atoms with Gasteiger partial charge < -0.3 is 0 Å². The molecule has 1 aromatic rings. The van der Waals surface area contributed by atoms with Crippen LogP contribution in [0.2, 0.25) is 0 Å². The predicted molar refractivity (Wildman–Crippen MR) is 63.7 cm³/mol. The zero-order chi connectivity index (χ0) is 12.9. The van der Waals surface area contributed by atoms with Gasteiger partial charge in [-0.2, -0.15) is 14.8 Å². The Morgan fingerprint density at radius 2 is 2.12 bits per heavy atom. The van der Waals surface area contributed by atoms with Crippen molar-refractivity contribution in [3.05, 3.63) is 17.0 Å². The standard InChI is InChI=1S/C10H11N3O2S2/c1-2-13(7-3-6-11)17(14,15)10-5-4-9(8-12)16-10/h4-5H,2-3,7H2,1H3. The van der Waals surface area contributed by atoms with Crippen molar-refractivity contribution in [1.29, 1.82) is 10.5 Å². The fourth-order valence-electron chi connectivity index (χ4n) is 1.27. The van der Waals surface area contributed by atoms with Crippen LogP contribution in [0.25, 0.3) is 0 Å². The molecule has 5 nitrogen and oxygen atoms in total. The minimum Gasteiger partial charge on any atom is -0.206 e. The zero-order valence-electron chi connectivity index (χ0n) is 9.25. The second-order valence-corrected chi connectivity index (χ2v) is 6.38. The summed E-state index contributed by atoms with van der Waals surface area (Å²) in [6, 6.07) is 6.73. The number of hydrogen-bond donors (Lipinski definition) is 0. The average molecular weight is 269 g/mol. The van der Waals surface area contributed by atoms with Crippen LogP contribution in [-0.2, 0) is 10.0 Å². The highest BCUT2D eigenvalue weighted by molar-refractivity contribution is 7.91. The molecule has 0 unspecified atom stereocenters. The van der Waals surface area contributed by atoms with Crippen molar-refractivity contribution in [2.24, 2.45) is 0 Å². The quantitative estimate of drug-likeness (QED) is 0.811. The van der Waals surface area contributed by atoms with E-state index in [1.165, 1.54) is 16.4 Å². The highest BCUT2D eigenvalue weighted by atomic mass is 32.2. The SMILES string of the molecule is CCN(CCC#N)S(=O)(=O)c1ccc(C#N)s1. The van der Waals surface area contributed by atoms with Crippen molar-refractivity contribution in [2.45, 2.75) is 17.6 Å². The lowest BCUT2D eigenvalue weighted by atomic mass is 10.5. The molecule has 0 amide bonds. The average Bonchev–Trinajstić information content (AvgIpc) is 2.79. The number of nitriles is 2. The first-order valence-electron chi connectivity index (χ1n) is 4.93. The van der Waals surface area contributed by atoms with Gasteiger partial charge in [0, 0.05) is 19.5 Å². The molecular formula is C10H11N3O2S2. The maximum absolute atomic E-state index is 12.1.